The van der Waals surface area contributed by atoms with Crippen LogP contribution in [-0.2, 0) is 6.42 Å². The molecule has 2 rings (SSSR count). The minimum atomic E-state index is -0.605. The Morgan fingerprint density at radius 2 is 1.94 bits per heavy atom. The quantitative estimate of drug-likeness (QED) is 0.932. The molecule has 84 valence electrons. The molecule has 0 bridgehead atoms. The Bertz CT molecular complexity index is 459. The van der Waals surface area contributed by atoms with Crippen molar-refractivity contribution in [2.45, 2.75) is 19.4 Å². The predicted molar refractivity (Wildman–Crippen MR) is 66.3 cm³/mol. The second-order valence-electron chi connectivity index (χ2n) is 3.84. The Morgan fingerprint density at radius 3 is 2.50 bits per heavy atom. The van der Waals surface area contributed by atoms with Crippen molar-refractivity contribution in [2.75, 3.05) is 0 Å². The molecule has 1 N–H and O–H groups in total. The highest BCUT2D eigenvalue weighted by atomic mass is 79.9. The van der Waals surface area contributed by atoms with Crippen LogP contribution in [-0.4, -0.2) is 5.11 Å². The fraction of sp³-hybridized carbons (Fsp3) is 0.231. The van der Waals surface area contributed by atoms with Crippen molar-refractivity contribution in [3.05, 3.63) is 58.0 Å². The lowest BCUT2D eigenvalue weighted by Gasteiger charge is -2.08. The van der Waals surface area contributed by atoms with Crippen molar-refractivity contribution in [3.63, 3.8) is 0 Å². The van der Waals surface area contributed by atoms with E-state index < -0.39 is 6.10 Å². The zero-order valence-electron chi connectivity index (χ0n) is 8.98. The SMILES string of the molecule is Cc1ccc(CC(O)c2occc2Br)cc1. The molecule has 2 nitrogen and oxygen atoms in total. The summed E-state index contributed by atoms with van der Waals surface area (Å²) in [6.07, 6.45) is 1.52. The van der Waals surface area contributed by atoms with E-state index in [1.54, 1.807) is 12.3 Å². The maximum atomic E-state index is 9.99. The first-order valence-electron chi connectivity index (χ1n) is 5.13. The number of aryl methyl sites for hydroxylation is 1. The lowest BCUT2D eigenvalue weighted by Crippen LogP contribution is -2.01. The van der Waals surface area contributed by atoms with Crippen molar-refractivity contribution in [1.82, 2.24) is 0 Å². The van der Waals surface area contributed by atoms with Crippen LogP contribution in [0, 0.1) is 6.92 Å². The first-order chi connectivity index (χ1) is 7.66. The summed E-state index contributed by atoms with van der Waals surface area (Å²) >= 11 is 3.34. The molecule has 0 aliphatic heterocycles. The van der Waals surface area contributed by atoms with Crippen LogP contribution in [0.15, 0.2) is 45.5 Å². The zero-order chi connectivity index (χ0) is 11.5. The molecule has 0 spiro atoms. The number of furan rings is 1. The third-order valence-electron chi connectivity index (χ3n) is 2.50. The third-order valence-corrected chi connectivity index (χ3v) is 3.15. The first kappa shape index (κ1) is 11.4. The number of aliphatic hydroxyl groups is 1. The lowest BCUT2D eigenvalue weighted by atomic mass is 10.1. The maximum Gasteiger partial charge on any atom is 0.146 e. The Hall–Kier alpha value is -1.06. The Kier molecular flexibility index (Phi) is 3.46. The Morgan fingerprint density at radius 1 is 1.25 bits per heavy atom. The summed E-state index contributed by atoms with van der Waals surface area (Å²) in [6, 6.07) is 9.91. The van der Waals surface area contributed by atoms with Crippen LogP contribution in [0.2, 0.25) is 0 Å². The van der Waals surface area contributed by atoms with E-state index in [4.69, 9.17) is 4.42 Å². The molecule has 2 aromatic rings. The van der Waals surface area contributed by atoms with Gasteiger partial charge in [-0.05, 0) is 34.5 Å². The Labute approximate surface area is 103 Å². The van der Waals surface area contributed by atoms with Gasteiger partial charge < -0.3 is 9.52 Å². The van der Waals surface area contributed by atoms with Crippen LogP contribution in [0.1, 0.15) is 23.0 Å². The topological polar surface area (TPSA) is 33.4 Å². The minimum absolute atomic E-state index is 0.562. The summed E-state index contributed by atoms with van der Waals surface area (Å²) in [5.41, 5.74) is 2.32. The van der Waals surface area contributed by atoms with Crippen molar-refractivity contribution in [3.8, 4) is 0 Å². The van der Waals surface area contributed by atoms with Gasteiger partial charge in [0.25, 0.3) is 0 Å². The third kappa shape index (κ3) is 2.54. The molecule has 1 unspecified atom stereocenters. The van der Waals surface area contributed by atoms with E-state index >= 15 is 0 Å². The summed E-state index contributed by atoms with van der Waals surface area (Å²) in [4.78, 5) is 0. The number of halogens is 1. The molecule has 0 amide bonds. The Balaban J connectivity index is 2.10. The number of aliphatic hydroxyl groups excluding tert-OH is 1. The highest BCUT2D eigenvalue weighted by Gasteiger charge is 2.15. The minimum Gasteiger partial charge on any atom is -0.465 e. The summed E-state index contributed by atoms with van der Waals surface area (Å²) in [7, 11) is 0. The standard InChI is InChI=1S/C13H13BrO2/c1-9-2-4-10(5-3-9)8-12(15)13-11(14)6-7-16-13/h2-7,12,15H,8H2,1H3. The molecule has 1 aromatic heterocycles. The van der Waals surface area contributed by atoms with Crippen molar-refractivity contribution in [2.24, 2.45) is 0 Å². The van der Waals surface area contributed by atoms with Crippen LogP contribution in [0.5, 0.6) is 0 Å². The molecular weight excluding hydrogens is 268 g/mol. The van der Waals surface area contributed by atoms with Gasteiger partial charge in [-0.15, -0.1) is 0 Å². The predicted octanol–water partition coefficient (Wildman–Crippen LogP) is 3.63. The molecule has 1 atom stereocenters. The summed E-state index contributed by atoms with van der Waals surface area (Å²) in [5.74, 6) is 0.584. The molecule has 0 aliphatic carbocycles. The van der Waals surface area contributed by atoms with Gasteiger partial charge in [-0.25, -0.2) is 0 Å². The lowest BCUT2D eigenvalue weighted by molar-refractivity contribution is 0.149. The van der Waals surface area contributed by atoms with E-state index in [1.165, 1.54) is 5.56 Å². The summed E-state index contributed by atoms with van der Waals surface area (Å²) < 4.78 is 6.04. The smallest absolute Gasteiger partial charge is 0.146 e. The number of benzene rings is 1. The second kappa shape index (κ2) is 4.85. The van der Waals surface area contributed by atoms with E-state index in [-0.39, 0.29) is 0 Å². The molecule has 0 saturated carbocycles. The van der Waals surface area contributed by atoms with Crippen molar-refractivity contribution in [1.29, 1.82) is 0 Å². The van der Waals surface area contributed by atoms with Crippen LogP contribution >= 0.6 is 15.9 Å². The van der Waals surface area contributed by atoms with Crippen LogP contribution in [0.4, 0.5) is 0 Å². The normalized spacial score (nSPS) is 12.7. The maximum absolute atomic E-state index is 9.99. The molecule has 16 heavy (non-hydrogen) atoms. The van der Waals surface area contributed by atoms with Crippen molar-refractivity contribution < 1.29 is 9.52 Å². The average molecular weight is 281 g/mol. The summed E-state index contributed by atoms with van der Waals surface area (Å²) in [6.45, 7) is 2.04. The highest BCUT2D eigenvalue weighted by molar-refractivity contribution is 9.10. The molecule has 1 heterocycles. The monoisotopic (exact) mass is 280 g/mol. The van der Waals surface area contributed by atoms with Gasteiger partial charge in [0, 0.05) is 6.42 Å². The molecule has 0 fully saturated rings. The van der Waals surface area contributed by atoms with Gasteiger partial charge in [0.15, 0.2) is 0 Å². The average Bonchev–Trinajstić information content (AvgIpc) is 2.68. The summed E-state index contributed by atoms with van der Waals surface area (Å²) in [5, 5.41) is 9.99. The number of hydrogen-bond acceptors (Lipinski definition) is 2. The first-order valence-corrected chi connectivity index (χ1v) is 5.92. The molecule has 0 saturated heterocycles. The molecule has 0 aliphatic rings. The van der Waals surface area contributed by atoms with E-state index in [9.17, 15) is 5.11 Å². The molecule has 1 aromatic carbocycles. The fourth-order valence-corrected chi connectivity index (χ4v) is 2.05. The van der Waals surface area contributed by atoms with Gasteiger partial charge >= 0.3 is 0 Å². The zero-order valence-corrected chi connectivity index (χ0v) is 10.6. The van der Waals surface area contributed by atoms with Gasteiger partial charge in [-0.3, -0.25) is 0 Å². The van der Waals surface area contributed by atoms with E-state index in [1.807, 2.05) is 31.2 Å². The largest absolute Gasteiger partial charge is 0.465 e. The van der Waals surface area contributed by atoms with E-state index in [0.717, 1.165) is 10.0 Å². The van der Waals surface area contributed by atoms with Crippen LogP contribution in [0.25, 0.3) is 0 Å². The molecular formula is C13H13BrO2. The van der Waals surface area contributed by atoms with E-state index in [0.29, 0.717) is 12.2 Å². The second-order valence-corrected chi connectivity index (χ2v) is 4.69. The van der Waals surface area contributed by atoms with Crippen molar-refractivity contribution >= 4 is 15.9 Å². The highest BCUT2D eigenvalue weighted by Crippen LogP contribution is 2.26. The molecule has 0 radical (unpaired) electrons. The van der Waals surface area contributed by atoms with Gasteiger partial charge in [-0.2, -0.15) is 0 Å². The number of rotatable bonds is 3. The number of hydrogen-bond donors (Lipinski definition) is 1. The molecule has 3 heteroatoms. The van der Waals surface area contributed by atoms with Gasteiger partial charge in [-0.1, -0.05) is 29.8 Å². The van der Waals surface area contributed by atoms with Gasteiger partial charge in [0.2, 0.25) is 0 Å². The van der Waals surface area contributed by atoms with Crippen LogP contribution in [0.3, 0.4) is 0 Å². The van der Waals surface area contributed by atoms with Gasteiger partial charge in [0.1, 0.15) is 11.9 Å². The van der Waals surface area contributed by atoms with Gasteiger partial charge in [0.05, 0.1) is 10.7 Å². The van der Waals surface area contributed by atoms with Crippen LogP contribution < -0.4 is 0 Å². The fourth-order valence-electron chi connectivity index (χ4n) is 1.58. The van der Waals surface area contributed by atoms with E-state index in [2.05, 4.69) is 15.9 Å².